The smallest absolute Gasteiger partial charge is 0.793 e. The second-order valence-corrected chi connectivity index (χ2v) is 46.1. The molecule has 141 heavy (non-hydrogen) atoms. The number of carbonyl (C=O) groups excluding carboxylic acids is 8. The SMILES string of the molecule is CC(=O)OOC(C)=O.CCN(c1cc(-c2ccc(CN3CCN(CCN(CCC45CC6CC(CC(C6)C4)C5)CCC45CC6CC(CC(C6)C4)C5)CC3)cc2)cc(C(=O)CCC2=C(C)C=C(C)CC2=O)c1C)C1CCOCC1.CCN(c1cc(-c2ccc(CN3CCN(CCN)CC3)cc2)cc(C(=O)CCC2=C(C)C=C(C)CC2=O)c1C)C1CCOCC1.O=CCC12CC3CC(CC(C3)C1)C2.[B-]OC(C)=O.[Na+]. The number of nitrogens with zero attached hydrogens (tertiary/aromatic N) is 7. The van der Waals surface area contributed by atoms with Crippen LogP contribution in [0.2, 0.25) is 0 Å². The zero-order chi connectivity index (χ0) is 98.9. The van der Waals surface area contributed by atoms with E-state index in [0.717, 1.165) is 293 Å². The van der Waals surface area contributed by atoms with Crippen LogP contribution in [0, 0.1) is 83.4 Å². The van der Waals surface area contributed by atoms with Crippen molar-refractivity contribution in [2.24, 2.45) is 75.2 Å². The van der Waals surface area contributed by atoms with E-state index in [1.165, 1.54) is 115 Å². The van der Waals surface area contributed by atoms with Crippen LogP contribution >= 0.6 is 0 Å². The summed E-state index contributed by atoms with van der Waals surface area (Å²) < 4.78 is 15.1. The van der Waals surface area contributed by atoms with Crippen LogP contribution in [0.15, 0.2) is 118 Å². The van der Waals surface area contributed by atoms with Gasteiger partial charge >= 0.3 is 41.5 Å². The van der Waals surface area contributed by atoms with E-state index >= 15 is 0 Å². The van der Waals surface area contributed by atoms with Gasteiger partial charge in [-0.2, -0.15) is 0 Å². The van der Waals surface area contributed by atoms with E-state index in [-0.39, 0.29) is 52.7 Å². The van der Waals surface area contributed by atoms with Crippen molar-refractivity contribution in [1.29, 1.82) is 0 Å². The Bertz CT molecular complexity index is 4920. The van der Waals surface area contributed by atoms with Gasteiger partial charge in [-0.05, 0) is 396 Å². The molecule has 0 spiro atoms. The van der Waals surface area contributed by atoms with E-state index in [1.54, 1.807) is 77.0 Å². The molecule has 4 aromatic carbocycles. The fourth-order valence-electron chi connectivity index (χ4n) is 29.8. The number of ketones is 4. The van der Waals surface area contributed by atoms with Gasteiger partial charge in [0.25, 0.3) is 0 Å². The molecule has 14 aliphatic carbocycles. The normalized spacial score (nSPS) is 27.4. The van der Waals surface area contributed by atoms with Crippen molar-refractivity contribution in [1.82, 2.24) is 24.5 Å². The van der Waals surface area contributed by atoms with E-state index in [2.05, 4.69) is 169 Å². The Morgan fingerprint density at radius 2 is 0.780 bits per heavy atom. The van der Waals surface area contributed by atoms with Gasteiger partial charge in [-0.25, -0.2) is 19.4 Å². The predicted molar refractivity (Wildman–Crippen MR) is 558 cm³/mol. The Morgan fingerprint density at radius 1 is 0.454 bits per heavy atom. The molecule has 16 fully saturated rings. The summed E-state index contributed by atoms with van der Waals surface area (Å²) in [5, 5.41) is 0. The maximum absolute atomic E-state index is 14.3. The summed E-state index contributed by atoms with van der Waals surface area (Å²) in [5.41, 5.74) is 26.4. The molecule has 0 atom stereocenters. The number of aldehydes is 1. The van der Waals surface area contributed by atoms with Crippen LogP contribution in [0.3, 0.4) is 0 Å². The Hall–Kier alpha value is -7.06. The number of piperazine rings is 2. The van der Waals surface area contributed by atoms with Crippen molar-refractivity contribution in [3.05, 3.63) is 152 Å². The van der Waals surface area contributed by atoms with Crippen molar-refractivity contribution in [3.63, 3.8) is 0 Å². The monoisotopic (exact) mass is 1940 g/mol. The van der Waals surface area contributed by atoms with E-state index in [1.807, 2.05) is 27.7 Å². The number of anilines is 2. The minimum atomic E-state index is -0.639. The van der Waals surface area contributed by atoms with Gasteiger partial charge in [0.1, 0.15) is 6.29 Å². The Morgan fingerprint density at radius 3 is 1.09 bits per heavy atom. The van der Waals surface area contributed by atoms with Crippen molar-refractivity contribution >= 4 is 66.8 Å². The summed E-state index contributed by atoms with van der Waals surface area (Å²) in [5.74, 6) is 8.10. The van der Waals surface area contributed by atoms with E-state index < -0.39 is 17.9 Å². The second kappa shape index (κ2) is 51.0. The molecule has 4 heterocycles. The summed E-state index contributed by atoms with van der Waals surface area (Å²) in [4.78, 5) is 120. The van der Waals surface area contributed by atoms with Crippen LogP contribution < -0.4 is 45.1 Å². The zero-order valence-corrected chi connectivity index (χ0v) is 90.1. The molecule has 18 aliphatic rings. The summed E-state index contributed by atoms with van der Waals surface area (Å²) in [6, 6.07) is 27.7. The van der Waals surface area contributed by atoms with Crippen molar-refractivity contribution in [2.75, 3.05) is 141 Å². The van der Waals surface area contributed by atoms with Crippen LogP contribution in [0.25, 0.3) is 22.3 Å². The van der Waals surface area contributed by atoms with Crippen LogP contribution in [0.1, 0.15) is 304 Å². The van der Waals surface area contributed by atoms with Gasteiger partial charge < -0.3 is 47.4 Å². The van der Waals surface area contributed by atoms with Crippen LogP contribution in [0.4, 0.5) is 11.4 Å². The fourth-order valence-corrected chi connectivity index (χ4v) is 29.8. The van der Waals surface area contributed by atoms with E-state index in [4.69, 9.17) is 15.2 Å². The summed E-state index contributed by atoms with van der Waals surface area (Å²) in [6.45, 7) is 42.7. The molecule has 4 aromatic rings. The zero-order valence-electron chi connectivity index (χ0n) is 88.1. The number of Topliss-reactive ketones (excluding diaryl/α,β-unsaturated/α-hetero) is 4. The number of hydrogen-bond acceptors (Lipinski definition) is 21. The number of allylic oxidation sites excluding steroid dienone is 8. The van der Waals surface area contributed by atoms with Crippen LogP contribution in [-0.2, 0) is 65.8 Å². The average Bonchev–Trinajstić information content (AvgIpc) is 0.713. The molecule has 0 unspecified atom stereocenters. The molecule has 23 heteroatoms. The largest absolute Gasteiger partial charge is 1.00 e. The molecule has 21 nitrogen and oxygen atoms in total. The summed E-state index contributed by atoms with van der Waals surface area (Å²) >= 11 is 0. The van der Waals surface area contributed by atoms with E-state index in [9.17, 15) is 38.4 Å². The average molecular weight is 1940 g/mol. The standard InChI is InChI=1S/C62H88N4O3.C38H52N4O3.C12H18O.C4H6O4.C2H3BO2.Na/c1-5-66(55-12-24-69-25-13-55)58-35-54(34-57(45(58)4)59(67)11-10-56-44(3)26-43(2)27-60(56)68)53-8-6-46(7-9-53)42-65-22-20-64(21-23-65)19-18-63(16-14-61-36-47-28-48(37-61)30-49(29-47)38-61)17-15-62-39-50-31-51(40-62)33-52(32-50)41-62;1-5-42(33-12-20-45-21-13-33)36-25-32(31-8-6-30(7-9-31)26-41-18-16-40(15-14-39)17-19-41)24-35(29(36)4)37(43)11-10-34-28(3)22-27(2)23-38(34)44;13-2-1-12-6-9-3-10(7-12)5-11(4-9)8-12;1-3(5)7-8-4(2)6;1-2(4)5-3;/h6-9,26,34-35,47-52,55H,5,10-25,27-33,36-42H2,1-4H3;6-9,22,24-25,33H,5,10-21,23,26,39H2,1-4H3;2,9-11H,1,3-8H2;1-2H3;1H3;/q;;;;-1;+1. The second-order valence-electron chi connectivity index (χ2n) is 46.1. The predicted octanol–water partition coefficient (Wildman–Crippen LogP) is 17.9. The molecule has 3 radical (unpaired) electrons. The van der Waals surface area contributed by atoms with Gasteiger partial charge in [0.2, 0.25) is 5.97 Å². The van der Waals surface area contributed by atoms with Crippen LogP contribution in [-0.4, -0.2) is 223 Å². The minimum Gasteiger partial charge on any atom is -0.793 e. The molecule has 761 valence electrons. The number of nitrogens with two attached hydrogens (primary N) is 1. The van der Waals surface area contributed by atoms with E-state index in [0.29, 0.717) is 66.9 Å². The van der Waals surface area contributed by atoms with Crippen molar-refractivity contribution in [3.8, 4) is 22.3 Å². The quantitative estimate of drug-likeness (QED) is 0.0154. The van der Waals surface area contributed by atoms with Gasteiger partial charge in [0.05, 0.1) is 0 Å². The number of ether oxygens (including phenoxy) is 2. The molecule has 0 aromatic heterocycles. The third kappa shape index (κ3) is 29.3. The first-order valence-corrected chi connectivity index (χ1v) is 54.4. The topological polar surface area (TPSA) is 231 Å². The Balaban J connectivity index is 0.000000186. The van der Waals surface area contributed by atoms with Gasteiger partial charge in [0, 0.05) is 219 Å². The van der Waals surface area contributed by atoms with Gasteiger partial charge in [-0.1, -0.05) is 71.8 Å². The molecular weight excluding hydrogens is 1770 g/mol. The third-order valence-corrected chi connectivity index (χ3v) is 35.4. The maximum atomic E-state index is 14.3. The molecule has 4 aliphatic heterocycles. The minimum absolute atomic E-state index is 0. The first-order chi connectivity index (χ1) is 67.4. The van der Waals surface area contributed by atoms with Crippen molar-refractivity contribution < 1.29 is 91.8 Å². The first-order valence-electron chi connectivity index (χ1n) is 54.4. The summed E-state index contributed by atoms with van der Waals surface area (Å²) in [7, 11) is 4.32. The number of rotatable bonds is 33. The van der Waals surface area contributed by atoms with Crippen molar-refractivity contribution in [2.45, 2.75) is 300 Å². The molecule has 0 amide bonds. The first kappa shape index (κ1) is 110. The number of hydrogen-bond donors (Lipinski definition) is 1. The van der Waals surface area contributed by atoms with Gasteiger partial charge in [0.15, 0.2) is 23.1 Å². The Kier molecular flexibility index (Phi) is 39.7. The molecule has 22 rings (SSSR count). The molecule has 12 saturated carbocycles. The summed E-state index contributed by atoms with van der Waals surface area (Å²) in [6.07, 6.45) is 42.9. The maximum Gasteiger partial charge on any atom is 1.00 e. The Labute approximate surface area is 867 Å². The van der Waals surface area contributed by atoms with Gasteiger partial charge in [-0.15, -0.1) is 0 Å². The van der Waals surface area contributed by atoms with Gasteiger partial charge in [-0.3, -0.25) is 43.6 Å². The fraction of sp³-hybridized carbons (Fsp3) is 0.661. The number of benzene rings is 4. The third-order valence-electron chi connectivity index (χ3n) is 35.4. The number of carbonyl (C=O) groups is 8. The molecule has 12 bridgehead atoms. The van der Waals surface area contributed by atoms with Crippen LogP contribution in [0.5, 0.6) is 0 Å². The molecule has 2 N–H and O–H groups in total. The molecular formula is C118H167BN8NaO13. The molecule has 4 saturated heterocycles.